The highest BCUT2D eigenvalue weighted by atomic mass is 32.2. The Morgan fingerprint density at radius 2 is 1.72 bits per heavy atom. The number of para-hydroxylation sites is 1. The van der Waals surface area contributed by atoms with Gasteiger partial charge in [-0.3, -0.25) is 0 Å². The Hall–Kier alpha value is -3.37. The number of aliphatic imine (C=N–C) groups is 1. The van der Waals surface area contributed by atoms with Crippen molar-refractivity contribution in [1.29, 1.82) is 0 Å². The van der Waals surface area contributed by atoms with Crippen LogP contribution in [0.15, 0.2) is 65.7 Å². The van der Waals surface area contributed by atoms with E-state index in [1.165, 1.54) is 42.1 Å². The Morgan fingerprint density at radius 3 is 2.38 bits per heavy atom. The maximum Gasteiger partial charge on any atom is 0.328 e. The van der Waals surface area contributed by atoms with Crippen LogP contribution in [0, 0.1) is 5.82 Å². The average molecular weight is 558 g/mol. The zero-order chi connectivity index (χ0) is 28.0. The first kappa shape index (κ1) is 30.2. The quantitative estimate of drug-likeness (QED) is 0.295. The number of benzene rings is 2. The normalized spacial score (nSPS) is 15.6. The number of carboxylic acid groups (broad SMARTS) is 2. The van der Waals surface area contributed by atoms with E-state index in [0.717, 1.165) is 49.7 Å². The molecule has 0 bridgehead atoms. The highest BCUT2D eigenvalue weighted by Crippen LogP contribution is 2.32. The zero-order valence-electron chi connectivity index (χ0n) is 22.2. The first-order valence-electron chi connectivity index (χ1n) is 13.1. The van der Waals surface area contributed by atoms with Crippen LogP contribution >= 0.6 is 11.8 Å². The Bertz CT molecular complexity index is 1120. The molecule has 39 heavy (non-hydrogen) atoms. The van der Waals surface area contributed by atoms with Gasteiger partial charge in [0.15, 0.2) is 5.17 Å². The second kappa shape index (κ2) is 15.9. The van der Waals surface area contributed by atoms with E-state index in [2.05, 4.69) is 41.1 Å². The number of unbranched alkanes of at least 4 members (excludes halogenated alkanes) is 2. The van der Waals surface area contributed by atoms with Crippen molar-refractivity contribution in [3.63, 3.8) is 0 Å². The minimum Gasteiger partial charge on any atom is -0.494 e. The number of likely N-dealkylation sites (tertiary alicyclic amines) is 1. The Morgan fingerprint density at radius 1 is 1.05 bits per heavy atom. The fraction of sp³-hybridized carbons (Fsp3) is 0.414. The van der Waals surface area contributed by atoms with Crippen LogP contribution in [0.3, 0.4) is 0 Å². The van der Waals surface area contributed by atoms with Crippen molar-refractivity contribution < 1.29 is 28.9 Å². The van der Waals surface area contributed by atoms with Gasteiger partial charge in [-0.15, -0.1) is 0 Å². The van der Waals surface area contributed by atoms with E-state index in [-0.39, 0.29) is 5.82 Å². The number of halogens is 1. The molecule has 1 saturated heterocycles. The molecule has 2 N–H and O–H groups in total. The minimum absolute atomic E-state index is 0.224. The fourth-order valence-corrected chi connectivity index (χ4v) is 5.41. The summed E-state index contributed by atoms with van der Waals surface area (Å²) < 4.78 is 18.6. The van der Waals surface area contributed by atoms with Gasteiger partial charge in [0.25, 0.3) is 0 Å². The van der Waals surface area contributed by atoms with Gasteiger partial charge in [-0.2, -0.15) is 0 Å². The molecule has 0 aliphatic carbocycles. The fourth-order valence-electron chi connectivity index (χ4n) is 4.36. The van der Waals surface area contributed by atoms with Crippen molar-refractivity contribution in [1.82, 2.24) is 9.80 Å². The predicted octanol–water partition coefficient (Wildman–Crippen LogP) is 5.42. The Labute approximate surface area is 233 Å². The third-order valence-corrected chi connectivity index (χ3v) is 7.63. The molecule has 4 rings (SSSR count). The summed E-state index contributed by atoms with van der Waals surface area (Å²) in [6.45, 7) is 4.18. The lowest BCUT2D eigenvalue weighted by Crippen LogP contribution is -2.45. The second-order valence-electron chi connectivity index (χ2n) is 9.37. The van der Waals surface area contributed by atoms with E-state index < -0.39 is 11.9 Å². The molecule has 0 unspecified atom stereocenters. The number of rotatable bonds is 10. The summed E-state index contributed by atoms with van der Waals surface area (Å²) in [5, 5.41) is 16.8. The first-order chi connectivity index (χ1) is 18.8. The van der Waals surface area contributed by atoms with Gasteiger partial charge in [0.1, 0.15) is 11.6 Å². The lowest BCUT2D eigenvalue weighted by Gasteiger charge is -2.38. The van der Waals surface area contributed by atoms with Gasteiger partial charge < -0.3 is 24.7 Å². The molecule has 2 heterocycles. The number of fused-ring (bicyclic) bond motifs is 1. The molecule has 2 aromatic carbocycles. The number of thioether (sulfide) groups is 1. The van der Waals surface area contributed by atoms with E-state index in [0.29, 0.717) is 24.8 Å². The highest BCUT2D eigenvalue weighted by molar-refractivity contribution is 8.13. The lowest BCUT2D eigenvalue weighted by atomic mass is 10.0. The number of aliphatic carboxylic acids is 2. The van der Waals surface area contributed by atoms with Gasteiger partial charge in [-0.25, -0.2) is 19.0 Å². The van der Waals surface area contributed by atoms with Gasteiger partial charge in [-0.1, -0.05) is 30.0 Å². The SMILES string of the molecule is CN(C1=Nc2ccccc2CS1)C1CCN(CCCCCOc2ccc(F)cc2)CC1.O=C(O)/C=C/C(=O)O. The molecule has 8 nitrogen and oxygen atoms in total. The molecule has 210 valence electrons. The molecule has 0 saturated carbocycles. The molecule has 1 fully saturated rings. The smallest absolute Gasteiger partial charge is 0.328 e. The molecule has 0 atom stereocenters. The molecule has 10 heteroatoms. The van der Waals surface area contributed by atoms with E-state index in [1.807, 2.05) is 11.8 Å². The summed E-state index contributed by atoms with van der Waals surface area (Å²) in [5.74, 6) is -0.974. The van der Waals surface area contributed by atoms with Crippen LogP contribution in [0.1, 0.15) is 37.7 Å². The van der Waals surface area contributed by atoms with E-state index >= 15 is 0 Å². The molecule has 0 radical (unpaired) electrons. The number of amidine groups is 1. The zero-order valence-corrected chi connectivity index (χ0v) is 23.0. The van der Waals surface area contributed by atoms with Gasteiger partial charge in [0.2, 0.25) is 0 Å². The van der Waals surface area contributed by atoms with Crippen molar-refractivity contribution in [2.75, 3.05) is 33.3 Å². The number of ether oxygens (including phenoxy) is 1. The minimum atomic E-state index is -1.26. The summed E-state index contributed by atoms with van der Waals surface area (Å²) >= 11 is 1.86. The van der Waals surface area contributed by atoms with E-state index in [9.17, 15) is 14.0 Å². The van der Waals surface area contributed by atoms with Crippen LogP contribution in [0.25, 0.3) is 0 Å². The van der Waals surface area contributed by atoms with Crippen LogP contribution in [-0.4, -0.2) is 76.4 Å². The molecule has 0 amide bonds. The highest BCUT2D eigenvalue weighted by Gasteiger charge is 2.26. The standard InChI is InChI=1S/C25H32FN3OS.C4H4O4/c1-28(25-27-24-8-4-3-7-20(24)19-31-25)22-13-16-29(17-14-22)15-5-2-6-18-30-23-11-9-21(26)10-12-23;5-3(6)1-2-4(7)8/h3-4,7-12,22H,2,5-6,13-19H2,1H3;1-2H,(H,5,6)(H,7,8)/b;2-1+. The van der Waals surface area contributed by atoms with Crippen LogP contribution in [-0.2, 0) is 15.3 Å². The monoisotopic (exact) mass is 557 g/mol. The van der Waals surface area contributed by atoms with Gasteiger partial charge in [0.05, 0.1) is 12.3 Å². The summed E-state index contributed by atoms with van der Waals surface area (Å²) in [4.78, 5) is 29.0. The van der Waals surface area contributed by atoms with E-state index in [4.69, 9.17) is 19.9 Å². The average Bonchev–Trinajstić information content (AvgIpc) is 2.95. The maximum atomic E-state index is 12.9. The van der Waals surface area contributed by atoms with Gasteiger partial charge in [-0.05, 0) is 74.5 Å². The largest absolute Gasteiger partial charge is 0.494 e. The third kappa shape index (κ3) is 10.7. The van der Waals surface area contributed by atoms with Gasteiger partial charge >= 0.3 is 11.9 Å². The van der Waals surface area contributed by atoms with Gasteiger partial charge in [0, 0.05) is 44.1 Å². The second-order valence-corrected chi connectivity index (χ2v) is 10.3. The third-order valence-electron chi connectivity index (χ3n) is 6.54. The molecule has 0 aromatic heterocycles. The predicted molar refractivity (Wildman–Crippen MR) is 152 cm³/mol. The van der Waals surface area contributed by atoms with Crippen molar-refractivity contribution in [3.8, 4) is 5.75 Å². The number of piperidine rings is 1. The molecular formula is C29H36FN3O5S. The molecule has 2 aliphatic rings. The Balaban J connectivity index is 0.000000459. The summed E-state index contributed by atoms with van der Waals surface area (Å²) in [6.07, 6.45) is 6.91. The van der Waals surface area contributed by atoms with Crippen molar-refractivity contribution >= 4 is 34.6 Å². The van der Waals surface area contributed by atoms with Crippen LogP contribution in [0.5, 0.6) is 5.75 Å². The topological polar surface area (TPSA) is 103 Å². The van der Waals surface area contributed by atoms with Crippen LogP contribution in [0.4, 0.5) is 10.1 Å². The number of carbonyl (C=O) groups is 2. The van der Waals surface area contributed by atoms with Crippen molar-refractivity contribution in [2.45, 2.75) is 43.9 Å². The number of carboxylic acids is 2. The van der Waals surface area contributed by atoms with Crippen LogP contribution in [0.2, 0.25) is 0 Å². The summed E-state index contributed by atoms with van der Waals surface area (Å²) in [7, 11) is 2.21. The summed E-state index contributed by atoms with van der Waals surface area (Å²) in [6, 6.07) is 15.3. The molecule has 0 spiro atoms. The number of hydrogen-bond acceptors (Lipinski definition) is 7. The first-order valence-corrected chi connectivity index (χ1v) is 14.1. The number of hydrogen-bond donors (Lipinski definition) is 2. The van der Waals surface area contributed by atoms with Crippen LogP contribution < -0.4 is 4.74 Å². The Kier molecular flexibility index (Phi) is 12.3. The van der Waals surface area contributed by atoms with Crippen molar-refractivity contribution in [2.24, 2.45) is 4.99 Å². The molecule has 2 aromatic rings. The van der Waals surface area contributed by atoms with E-state index in [1.54, 1.807) is 12.1 Å². The summed E-state index contributed by atoms with van der Waals surface area (Å²) in [5.41, 5.74) is 2.46. The number of nitrogens with zero attached hydrogens (tertiary/aromatic N) is 3. The maximum absolute atomic E-state index is 12.9. The molecule has 2 aliphatic heterocycles. The molecular weight excluding hydrogens is 521 g/mol. The van der Waals surface area contributed by atoms with Crippen molar-refractivity contribution in [3.05, 3.63) is 72.1 Å². The lowest BCUT2D eigenvalue weighted by molar-refractivity contribution is -0.134.